The zero-order chi connectivity index (χ0) is 32.0. The summed E-state index contributed by atoms with van der Waals surface area (Å²) < 4.78 is 5.50. The lowest BCUT2D eigenvalue weighted by molar-refractivity contribution is -0.118. The fourth-order valence-electron chi connectivity index (χ4n) is 5.47. The summed E-state index contributed by atoms with van der Waals surface area (Å²) in [4.78, 5) is 46.5. The smallest absolute Gasteiger partial charge is 0.262 e. The van der Waals surface area contributed by atoms with Gasteiger partial charge in [0.25, 0.3) is 17.7 Å². The standard InChI is InChI=1S/C36H38N6O4/c1-41(33-19-24(3-2-17-37)16-18-38-33)21-25-6-11-29(12-7-25)39-35(44)27-8-4-26(5-9-27)22-42(30-13-14-30)36(45)28-10-15-31-32(20-28)46-23-34(43)40-31/h4-12,15-16,18-20,30H,2-3,13-14,17,21-23,37H2,1H3,(H,39,44)(H,40,43). The molecule has 4 N–H and O–H groups in total. The van der Waals surface area contributed by atoms with Crippen LogP contribution in [0.3, 0.4) is 0 Å². The summed E-state index contributed by atoms with van der Waals surface area (Å²) in [7, 11) is 2.01. The van der Waals surface area contributed by atoms with E-state index in [1.54, 1.807) is 30.3 Å². The molecule has 236 valence electrons. The number of pyridine rings is 1. The SMILES string of the molecule is CN(Cc1ccc(NC(=O)c2ccc(CN(C(=O)c3ccc4c(c3)OCC(=O)N4)C3CC3)cc2)cc1)c1cc(CCCN)ccn1. The summed E-state index contributed by atoms with van der Waals surface area (Å²) in [6, 6.07) is 24.6. The van der Waals surface area contributed by atoms with Gasteiger partial charge in [-0.3, -0.25) is 14.4 Å². The van der Waals surface area contributed by atoms with Crippen molar-refractivity contribution in [3.05, 3.63) is 113 Å². The number of rotatable bonds is 12. The maximum atomic E-state index is 13.5. The van der Waals surface area contributed by atoms with E-state index in [0.717, 1.165) is 42.6 Å². The zero-order valence-electron chi connectivity index (χ0n) is 25.9. The molecule has 1 saturated carbocycles. The first-order valence-corrected chi connectivity index (χ1v) is 15.6. The highest BCUT2D eigenvalue weighted by molar-refractivity contribution is 6.04. The lowest BCUT2D eigenvalue weighted by Gasteiger charge is -2.24. The van der Waals surface area contributed by atoms with Gasteiger partial charge in [-0.05, 0) is 104 Å². The second-order valence-electron chi connectivity index (χ2n) is 11.8. The van der Waals surface area contributed by atoms with Crippen LogP contribution in [0.5, 0.6) is 5.75 Å². The number of fused-ring (bicyclic) bond motifs is 1. The molecule has 46 heavy (non-hydrogen) atoms. The van der Waals surface area contributed by atoms with E-state index in [-0.39, 0.29) is 30.4 Å². The first-order chi connectivity index (χ1) is 22.4. The number of ether oxygens (including phenoxy) is 1. The third-order valence-electron chi connectivity index (χ3n) is 8.18. The molecule has 6 rings (SSSR count). The number of amides is 3. The number of nitrogens with two attached hydrogens (primary N) is 1. The molecule has 3 aromatic carbocycles. The third kappa shape index (κ3) is 7.52. The van der Waals surface area contributed by atoms with Gasteiger partial charge < -0.3 is 30.9 Å². The molecular weight excluding hydrogens is 580 g/mol. The highest BCUT2D eigenvalue weighted by Crippen LogP contribution is 2.33. The van der Waals surface area contributed by atoms with Gasteiger partial charge in [0.1, 0.15) is 11.6 Å². The average Bonchev–Trinajstić information content (AvgIpc) is 3.92. The Kier molecular flexibility index (Phi) is 9.25. The molecule has 4 aromatic rings. The van der Waals surface area contributed by atoms with Crippen molar-refractivity contribution in [2.75, 3.05) is 35.7 Å². The van der Waals surface area contributed by atoms with Crippen LogP contribution in [0.25, 0.3) is 0 Å². The molecule has 10 nitrogen and oxygen atoms in total. The summed E-state index contributed by atoms with van der Waals surface area (Å²) in [5.74, 6) is 0.899. The Bertz CT molecular complexity index is 1720. The van der Waals surface area contributed by atoms with Crippen LogP contribution in [0.4, 0.5) is 17.2 Å². The first kappa shape index (κ1) is 30.8. The number of nitrogens with zero attached hydrogens (tertiary/aromatic N) is 3. The van der Waals surface area contributed by atoms with Crippen molar-refractivity contribution in [3.8, 4) is 5.75 Å². The minimum Gasteiger partial charge on any atom is -0.482 e. The van der Waals surface area contributed by atoms with E-state index in [1.807, 2.05) is 60.6 Å². The molecule has 0 unspecified atom stereocenters. The summed E-state index contributed by atoms with van der Waals surface area (Å²) >= 11 is 0. The van der Waals surface area contributed by atoms with Gasteiger partial charge in [0.2, 0.25) is 0 Å². The monoisotopic (exact) mass is 618 g/mol. The molecule has 1 aliphatic heterocycles. The Labute approximate surface area is 268 Å². The molecule has 2 heterocycles. The van der Waals surface area contributed by atoms with Crippen LogP contribution in [0.15, 0.2) is 85.1 Å². The van der Waals surface area contributed by atoms with E-state index in [1.165, 1.54) is 5.56 Å². The number of hydrogen-bond donors (Lipinski definition) is 3. The number of nitrogens with one attached hydrogen (secondary N) is 2. The van der Waals surface area contributed by atoms with Gasteiger partial charge >= 0.3 is 0 Å². The number of carbonyl (C=O) groups is 3. The minimum atomic E-state index is -0.213. The summed E-state index contributed by atoms with van der Waals surface area (Å²) in [5.41, 5.74) is 11.2. The van der Waals surface area contributed by atoms with Gasteiger partial charge in [-0.15, -0.1) is 0 Å². The van der Waals surface area contributed by atoms with Crippen molar-refractivity contribution in [2.24, 2.45) is 5.73 Å². The number of aromatic nitrogens is 1. The molecule has 0 radical (unpaired) electrons. The van der Waals surface area contributed by atoms with E-state index in [4.69, 9.17) is 10.5 Å². The number of aryl methyl sites for hydroxylation is 1. The maximum Gasteiger partial charge on any atom is 0.262 e. The number of hydrogen-bond acceptors (Lipinski definition) is 7. The molecule has 3 amide bonds. The van der Waals surface area contributed by atoms with E-state index < -0.39 is 0 Å². The van der Waals surface area contributed by atoms with Crippen molar-refractivity contribution >= 4 is 34.9 Å². The van der Waals surface area contributed by atoms with Crippen LogP contribution in [0.2, 0.25) is 0 Å². The van der Waals surface area contributed by atoms with Crippen molar-refractivity contribution in [1.29, 1.82) is 0 Å². The third-order valence-corrected chi connectivity index (χ3v) is 8.18. The second kappa shape index (κ2) is 13.8. The fraction of sp³-hybridized carbons (Fsp3) is 0.278. The summed E-state index contributed by atoms with van der Waals surface area (Å²) in [5, 5.41) is 5.73. The van der Waals surface area contributed by atoms with Gasteiger partial charge in [-0.1, -0.05) is 24.3 Å². The van der Waals surface area contributed by atoms with Gasteiger partial charge in [0, 0.05) is 49.2 Å². The largest absolute Gasteiger partial charge is 0.482 e. The number of anilines is 3. The molecule has 1 fully saturated rings. The Morgan fingerprint density at radius 1 is 0.935 bits per heavy atom. The van der Waals surface area contributed by atoms with Gasteiger partial charge in [-0.25, -0.2) is 4.98 Å². The zero-order valence-corrected chi connectivity index (χ0v) is 25.9. The molecule has 0 saturated heterocycles. The quantitative estimate of drug-likeness (QED) is 0.204. The highest BCUT2D eigenvalue weighted by Gasteiger charge is 2.33. The fourth-order valence-corrected chi connectivity index (χ4v) is 5.47. The van der Waals surface area contributed by atoms with E-state index in [9.17, 15) is 14.4 Å². The van der Waals surface area contributed by atoms with Crippen LogP contribution in [0.1, 0.15) is 56.7 Å². The summed E-state index contributed by atoms with van der Waals surface area (Å²) in [6.45, 7) is 1.72. The minimum absolute atomic E-state index is 0.0658. The first-order valence-electron chi connectivity index (χ1n) is 15.6. The van der Waals surface area contributed by atoms with Crippen LogP contribution in [0, 0.1) is 0 Å². The maximum absolute atomic E-state index is 13.5. The molecule has 0 atom stereocenters. The molecular formula is C36H38N6O4. The predicted molar refractivity (Wildman–Crippen MR) is 178 cm³/mol. The molecule has 10 heteroatoms. The van der Waals surface area contributed by atoms with Crippen LogP contribution in [-0.4, -0.2) is 53.8 Å². The normalized spacial score (nSPS) is 13.7. The van der Waals surface area contributed by atoms with Gasteiger partial charge in [0.15, 0.2) is 6.61 Å². The van der Waals surface area contributed by atoms with Crippen LogP contribution >= 0.6 is 0 Å². The van der Waals surface area contributed by atoms with E-state index in [0.29, 0.717) is 47.9 Å². The Hall–Kier alpha value is -5.22. The van der Waals surface area contributed by atoms with Crippen molar-refractivity contribution in [3.63, 3.8) is 0 Å². The van der Waals surface area contributed by atoms with Gasteiger partial charge in [0.05, 0.1) is 5.69 Å². The van der Waals surface area contributed by atoms with Gasteiger partial charge in [-0.2, -0.15) is 0 Å². The van der Waals surface area contributed by atoms with Crippen molar-refractivity contribution in [1.82, 2.24) is 9.88 Å². The summed E-state index contributed by atoms with van der Waals surface area (Å²) in [6.07, 6.45) is 5.63. The van der Waals surface area contributed by atoms with Crippen molar-refractivity contribution in [2.45, 2.75) is 44.8 Å². The Balaban J connectivity index is 1.04. The number of carbonyl (C=O) groups excluding carboxylic acids is 3. The van der Waals surface area contributed by atoms with E-state index >= 15 is 0 Å². The van der Waals surface area contributed by atoms with Crippen LogP contribution < -0.4 is 26.0 Å². The predicted octanol–water partition coefficient (Wildman–Crippen LogP) is 5.00. The van der Waals surface area contributed by atoms with Crippen molar-refractivity contribution < 1.29 is 19.1 Å². The highest BCUT2D eigenvalue weighted by atomic mass is 16.5. The lowest BCUT2D eigenvalue weighted by atomic mass is 10.1. The molecule has 2 aliphatic rings. The molecule has 0 spiro atoms. The average molecular weight is 619 g/mol. The number of benzene rings is 3. The van der Waals surface area contributed by atoms with E-state index in [2.05, 4.69) is 26.6 Å². The molecule has 1 aliphatic carbocycles. The Morgan fingerprint density at radius 3 is 2.39 bits per heavy atom. The Morgan fingerprint density at radius 2 is 1.65 bits per heavy atom. The molecule has 0 bridgehead atoms. The van der Waals surface area contributed by atoms with Crippen LogP contribution in [-0.2, 0) is 24.3 Å². The topological polar surface area (TPSA) is 130 Å². The lowest BCUT2D eigenvalue weighted by Crippen LogP contribution is -2.33. The second-order valence-corrected chi connectivity index (χ2v) is 11.8. The molecule has 1 aromatic heterocycles.